The molecule has 0 aromatic rings. The van der Waals surface area contributed by atoms with E-state index in [1.807, 2.05) is 18.2 Å². The molecular weight excluding hydrogens is 184 g/mol. The normalized spacial score (nSPS) is 13.2. The zero-order valence-corrected chi connectivity index (χ0v) is 9.91. The van der Waals surface area contributed by atoms with Crippen molar-refractivity contribution in [1.82, 2.24) is 0 Å². The van der Waals surface area contributed by atoms with Gasteiger partial charge in [-0.15, -0.1) is 19.7 Å². The third kappa shape index (κ3) is 3.67. The van der Waals surface area contributed by atoms with Gasteiger partial charge in [0.2, 0.25) is 0 Å². The Bertz CT molecular complexity index is 175. The lowest BCUT2D eigenvalue weighted by Gasteiger charge is -2.38. The van der Waals surface area contributed by atoms with Crippen molar-refractivity contribution in [3.05, 3.63) is 38.0 Å². The lowest BCUT2D eigenvalue weighted by atomic mass is 9.67. The second kappa shape index (κ2) is 7.47. The lowest BCUT2D eigenvalue weighted by Crippen LogP contribution is -2.31. The molecule has 0 bridgehead atoms. The largest absolute Gasteiger partial charge is 0.396 e. The molecule has 1 unspecified atom stereocenters. The monoisotopic (exact) mass is 208 g/mol. The van der Waals surface area contributed by atoms with E-state index in [0.29, 0.717) is 5.92 Å². The van der Waals surface area contributed by atoms with E-state index in [4.69, 9.17) is 0 Å². The minimum Gasteiger partial charge on any atom is -0.396 e. The number of aliphatic hydroxyl groups is 1. The number of hydrogen-bond donors (Lipinski definition) is 1. The van der Waals surface area contributed by atoms with Crippen LogP contribution in [0.4, 0.5) is 0 Å². The molecule has 0 aliphatic heterocycles. The molecule has 0 aliphatic rings. The van der Waals surface area contributed by atoms with Crippen LogP contribution in [-0.2, 0) is 0 Å². The van der Waals surface area contributed by atoms with Crippen molar-refractivity contribution in [1.29, 1.82) is 0 Å². The van der Waals surface area contributed by atoms with Crippen LogP contribution in [0, 0.1) is 11.3 Å². The first-order valence-corrected chi connectivity index (χ1v) is 5.64. The molecule has 0 fully saturated rings. The first-order valence-electron chi connectivity index (χ1n) is 5.64. The van der Waals surface area contributed by atoms with Crippen LogP contribution in [-0.4, -0.2) is 11.7 Å². The summed E-state index contributed by atoms with van der Waals surface area (Å²) in [5.74, 6) is 0.298. The molecule has 0 aliphatic carbocycles. The van der Waals surface area contributed by atoms with Crippen LogP contribution in [0.5, 0.6) is 0 Å². The third-order valence-corrected chi connectivity index (χ3v) is 3.23. The van der Waals surface area contributed by atoms with Gasteiger partial charge in [-0.25, -0.2) is 0 Å². The molecule has 0 rings (SSSR count). The van der Waals surface area contributed by atoms with Crippen molar-refractivity contribution in [2.45, 2.75) is 32.6 Å². The van der Waals surface area contributed by atoms with E-state index in [9.17, 15) is 5.11 Å². The summed E-state index contributed by atoms with van der Waals surface area (Å²) in [7, 11) is 0. The van der Waals surface area contributed by atoms with Crippen LogP contribution in [0.3, 0.4) is 0 Å². The molecule has 86 valence electrons. The maximum Gasteiger partial charge on any atom is 0.0464 e. The van der Waals surface area contributed by atoms with Crippen molar-refractivity contribution >= 4 is 0 Å². The quantitative estimate of drug-likeness (QED) is 0.573. The number of rotatable bonds is 9. The predicted octanol–water partition coefficient (Wildman–Crippen LogP) is 3.72. The zero-order chi connectivity index (χ0) is 11.7. The highest BCUT2D eigenvalue weighted by Gasteiger charge is 2.33. The highest BCUT2D eigenvalue weighted by Crippen LogP contribution is 2.41. The molecule has 0 amide bonds. The summed E-state index contributed by atoms with van der Waals surface area (Å²) in [6, 6.07) is 0. The van der Waals surface area contributed by atoms with E-state index >= 15 is 0 Å². The van der Waals surface area contributed by atoms with Gasteiger partial charge < -0.3 is 5.11 Å². The maximum absolute atomic E-state index is 9.44. The minimum atomic E-state index is 0.0642. The predicted molar refractivity (Wildman–Crippen MR) is 67.7 cm³/mol. The average Bonchev–Trinajstić information content (AvgIpc) is 2.20. The van der Waals surface area contributed by atoms with Crippen molar-refractivity contribution < 1.29 is 5.11 Å². The summed E-state index contributed by atoms with van der Waals surface area (Å²) in [4.78, 5) is 0. The summed E-state index contributed by atoms with van der Waals surface area (Å²) in [6.45, 7) is 13.8. The Hall–Kier alpha value is -0.820. The first kappa shape index (κ1) is 14.2. The summed E-state index contributed by atoms with van der Waals surface area (Å²) in [6.07, 6.45) is 9.51. The number of aliphatic hydroxyl groups excluding tert-OH is 1. The molecular formula is C14H24O. The van der Waals surface area contributed by atoms with Crippen molar-refractivity contribution in [2.75, 3.05) is 6.61 Å². The van der Waals surface area contributed by atoms with Crippen LogP contribution in [0.25, 0.3) is 0 Å². The summed E-state index contributed by atoms with van der Waals surface area (Å²) in [5.41, 5.74) is 0.0642. The van der Waals surface area contributed by atoms with Gasteiger partial charge in [-0.05, 0) is 30.6 Å². The van der Waals surface area contributed by atoms with Gasteiger partial charge in [0, 0.05) is 6.61 Å². The van der Waals surface area contributed by atoms with Gasteiger partial charge in [0.25, 0.3) is 0 Å². The highest BCUT2D eigenvalue weighted by molar-refractivity contribution is 4.98. The smallest absolute Gasteiger partial charge is 0.0464 e. The Morgan fingerprint density at radius 3 is 1.67 bits per heavy atom. The number of allylic oxidation sites excluding steroid dienone is 3. The minimum absolute atomic E-state index is 0.0642. The third-order valence-electron chi connectivity index (χ3n) is 3.23. The molecule has 0 heterocycles. The molecule has 15 heavy (non-hydrogen) atoms. The summed E-state index contributed by atoms with van der Waals surface area (Å²) < 4.78 is 0. The average molecular weight is 208 g/mol. The topological polar surface area (TPSA) is 20.2 Å². The lowest BCUT2D eigenvalue weighted by molar-refractivity contribution is 0.0886. The molecule has 1 N–H and O–H groups in total. The van der Waals surface area contributed by atoms with Crippen molar-refractivity contribution in [3.63, 3.8) is 0 Å². The van der Waals surface area contributed by atoms with Crippen LogP contribution in [0.15, 0.2) is 38.0 Å². The molecule has 0 saturated carbocycles. The summed E-state index contributed by atoms with van der Waals surface area (Å²) >= 11 is 0. The summed E-state index contributed by atoms with van der Waals surface area (Å²) in [5, 5.41) is 9.44. The fraction of sp³-hybridized carbons (Fsp3) is 0.571. The second-order valence-corrected chi connectivity index (χ2v) is 4.13. The molecule has 0 spiro atoms. The standard InChI is InChI=1S/C14H24O/c1-5-9-14(10-6-2,11-7-3)13(8-4)12-15/h5-7,13,15H,1-3,8-12H2,4H3. The molecule has 1 atom stereocenters. The van der Waals surface area contributed by atoms with E-state index in [2.05, 4.69) is 26.7 Å². The van der Waals surface area contributed by atoms with Crippen molar-refractivity contribution in [2.24, 2.45) is 11.3 Å². The van der Waals surface area contributed by atoms with E-state index in [-0.39, 0.29) is 12.0 Å². The van der Waals surface area contributed by atoms with Crippen LogP contribution >= 0.6 is 0 Å². The van der Waals surface area contributed by atoms with Crippen LogP contribution in [0.2, 0.25) is 0 Å². The Morgan fingerprint density at radius 1 is 1.07 bits per heavy atom. The molecule has 1 nitrogen and oxygen atoms in total. The fourth-order valence-electron chi connectivity index (χ4n) is 2.37. The molecule has 0 aromatic carbocycles. The maximum atomic E-state index is 9.44. The van der Waals surface area contributed by atoms with Gasteiger partial charge in [0.05, 0.1) is 0 Å². The molecule has 1 heteroatoms. The van der Waals surface area contributed by atoms with Gasteiger partial charge in [0.15, 0.2) is 0 Å². The molecule has 0 aromatic heterocycles. The van der Waals surface area contributed by atoms with Crippen LogP contribution in [0.1, 0.15) is 32.6 Å². The Labute approximate surface area is 94.2 Å². The Balaban J connectivity index is 4.94. The molecule has 0 saturated heterocycles. The highest BCUT2D eigenvalue weighted by atomic mass is 16.3. The van der Waals surface area contributed by atoms with E-state index in [1.54, 1.807) is 0 Å². The van der Waals surface area contributed by atoms with Gasteiger partial charge >= 0.3 is 0 Å². The van der Waals surface area contributed by atoms with Gasteiger partial charge in [0.1, 0.15) is 0 Å². The Morgan fingerprint density at radius 2 is 1.47 bits per heavy atom. The van der Waals surface area contributed by atoms with Crippen molar-refractivity contribution in [3.8, 4) is 0 Å². The Kier molecular flexibility index (Phi) is 7.06. The first-order chi connectivity index (χ1) is 7.20. The van der Waals surface area contributed by atoms with E-state index < -0.39 is 0 Å². The van der Waals surface area contributed by atoms with Gasteiger partial charge in [-0.3, -0.25) is 0 Å². The molecule has 0 radical (unpaired) electrons. The van der Waals surface area contributed by atoms with E-state index in [1.165, 1.54) is 0 Å². The second-order valence-electron chi connectivity index (χ2n) is 4.13. The number of hydrogen-bond acceptors (Lipinski definition) is 1. The van der Waals surface area contributed by atoms with E-state index in [0.717, 1.165) is 25.7 Å². The zero-order valence-electron chi connectivity index (χ0n) is 9.91. The SMILES string of the molecule is C=CCC(CC=C)(CC=C)C(CC)CO. The van der Waals surface area contributed by atoms with Gasteiger partial charge in [-0.1, -0.05) is 31.6 Å². The van der Waals surface area contributed by atoms with Crippen LogP contribution < -0.4 is 0 Å². The fourth-order valence-corrected chi connectivity index (χ4v) is 2.37. The van der Waals surface area contributed by atoms with Gasteiger partial charge in [-0.2, -0.15) is 0 Å².